The molecule has 41 heavy (non-hydrogen) atoms. The van der Waals surface area contributed by atoms with Crippen LogP contribution in [-0.4, -0.2) is 20.2 Å². The van der Waals surface area contributed by atoms with Crippen molar-refractivity contribution in [2.75, 3.05) is 14.2 Å². The molecule has 0 amide bonds. The lowest BCUT2D eigenvalue weighted by atomic mass is 9.83. The number of carbonyl (C=O) groups is 1. The van der Waals surface area contributed by atoms with Crippen molar-refractivity contribution in [3.8, 4) is 34.8 Å². The van der Waals surface area contributed by atoms with Crippen LogP contribution in [0, 0.1) is 18.3 Å². The number of hydrogen-bond acceptors (Lipinski definition) is 8. The number of hydrogen-bond donors (Lipinski definition) is 1. The Labute approximate surface area is 238 Å². The molecule has 4 aromatic carbocycles. The SMILES string of the molecule is COc1cccc(C(=O)Oc2ccc3c(c2)OC(N)=C(C#N)C3c2ccc(OCc3ccc(C)cc3)c(OC)c2)c1. The average Bonchev–Trinajstić information content (AvgIpc) is 3.00. The second-order valence-electron chi connectivity index (χ2n) is 9.43. The monoisotopic (exact) mass is 548 g/mol. The largest absolute Gasteiger partial charge is 0.497 e. The maximum atomic E-state index is 12.7. The van der Waals surface area contributed by atoms with Gasteiger partial charge in [0.15, 0.2) is 11.5 Å². The Kier molecular flexibility index (Phi) is 7.79. The van der Waals surface area contributed by atoms with Gasteiger partial charge in [-0.2, -0.15) is 5.26 Å². The Morgan fingerprint density at radius 1 is 0.927 bits per heavy atom. The predicted molar refractivity (Wildman–Crippen MR) is 152 cm³/mol. The van der Waals surface area contributed by atoms with Crippen molar-refractivity contribution in [3.05, 3.63) is 124 Å². The lowest BCUT2D eigenvalue weighted by Crippen LogP contribution is -2.21. The van der Waals surface area contributed by atoms with Crippen LogP contribution in [0.5, 0.6) is 28.7 Å². The molecule has 0 saturated heterocycles. The molecule has 0 saturated carbocycles. The van der Waals surface area contributed by atoms with Crippen LogP contribution in [0.2, 0.25) is 0 Å². The third-order valence-corrected chi connectivity index (χ3v) is 6.74. The molecule has 1 aliphatic heterocycles. The zero-order chi connectivity index (χ0) is 28.9. The van der Waals surface area contributed by atoms with E-state index in [0.29, 0.717) is 40.7 Å². The molecule has 0 aliphatic carbocycles. The lowest BCUT2D eigenvalue weighted by Gasteiger charge is -2.27. The van der Waals surface area contributed by atoms with Crippen LogP contribution < -0.4 is 29.4 Å². The second kappa shape index (κ2) is 11.8. The molecule has 0 fully saturated rings. The number of aryl methyl sites for hydroxylation is 1. The van der Waals surface area contributed by atoms with Crippen LogP contribution in [0.4, 0.5) is 0 Å². The smallest absolute Gasteiger partial charge is 0.343 e. The predicted octanol–water partition coefficient (Wildman–Crippen LogP) is 6.03. The molecule has 0 bridgehead atoms. The maximum Gasteiger partial charge on any atom is 0.343 e. The average molecular weight is 549 g/mol. The zero-order valence-electron chi connectivity index (χ0n) is 22.8. The first-order valence-electron chi connectivity index (χ1n) is 12.8. The highest BCUT2D eigenvalue weighted by atomic mass is 16.5. The summed E-state index contributed by atoms with van der Waals surface area (Å²) in [5.41, 5.74) is 10.4. The van der Waals surface area contributed by atoms with Gasteiger partial charge in [-0.15, -0.1) is 0 Å². The number of fused-ring (bicyclic) bond motifs is 1. The highest BCUT2D eigenvalue weighted by Gasteiger charge is 2.32. The first-order chi connectivity index (χ1) is 19.9. The summed E-state index contributed by atoms with van der Waals surface area (Å²) in [7, 11) is 3.09. The van der Waals surface area contributed by atoms with Gasteiger partial charge in [0.05, 0.1) is 25.7 Å². The number of methoxy groups -OCH3 is 2. The Bertz CT molecular complexity index is 1670. The highest BCUT2D eigenvalue weighted by molar-refractivity contribution is 5.91. The zero-order valence-corrected chi connectivity index (χ0v) is 22.8. The Hall–Kier alpha value is -5.42. The first-order valence-corrected chi connectivity index (χ1v) is 12.8. The maximum absolute atomic E-state index is 12.7. The van der Waals surface area contributed by atoms with Crippen LogP contribution in [0.1, 0.15) is 38.5 Å². The molecule has 1 unspecified atom stereocenters. The van der Waals surface area contributed by atoms with Crippen molar-refractivity contribution in [2.45, 2.75) is 19.4 Å². The minimum absolute atomic E-state index is 0.0278. The number of nitrogens with zero attached hydrogens (tertiary/aromatic N) is 1. The summed E-state index contributed by atoms with van der Waals surface area (Å²) in [6.45, 7) is 2.41. The summed E-state index contributed by atoms with van der Waals surface area (Å²) < 4.78 is 28.2. The van der Waals surface area contributed by atoms with Gasteiger partial charge in [-0.1, -0.05) is 48.0 Å². The molecule has 1 heterocycles. The van der Waals surface area contributed by atoms with Crippen LogP contribution in [0.15, 0.2) is 96.4 Å². The summed E-state index contributed by atoms with van der Waals surface area (Å²) in [6.07, 6.45) is 0. The van der Waals surface area contributed by atoms with Gasteiger partial charge in [-0.3, -0.25) is 0 Å². The van der Waals surface area contributed by atoms with Crippen molar-refractivity contribution in [3.63, 3.8) is 0 Å². The van der Waals surface area contributed by atoms with Gasteiger partial charge >= 0.3 is 5.97 Å². The fourth-order valence-electron chi connectivity index (χ4n) is 4.59. The number of carbonyl (C=O) groups excluding carboxylic acids is 1. The van der Waals surface area contributed by atoms with Gasteiger partial charge in [-0.25, -0.2) is 4.79 Å². The third-order valence-electron chi connectivity index (χ3n) is 6.74. The standard InChI is InChI=1S/C33H28N2O6/c1-20-7-9-21(10-8-20)19-39-28-14-11-22(16-30(28)38-3)31-26-13-12-25(17-29(26)41-32(35)27(31)18-34)40-33(36)23-5-4-6-24(15-23)37-2/h4-17,31H,19,35H2,1-3H3. The van der Waals surface area contributed by atoms with Crippen molar-refractivity contribution in [2.24, 2.45) is 5.73 Å². The Balaban J connectivity index is 1.42. The number of benzene rings is 4. The van der Waals surface area contributed by atoms with Crippen LogP contribution in [0.25, 0.3) is 0 Å². The normalized spacial score (nSPS) is 13.9. The molecule has 4 aromatic rings. The fraction of sp³-hybridized carbons (Fsp3) is 0.152. The van der Waals surface area contributed by atoms with Crippen molar-refractivity contribution in [1.29, 1.82) is 5.26 Å². The van der Waals surface area contributed by atoms with E-state index in [2.05, 4.69) is 6.07 Å². The van der Waals surface area contributed by atoms with E-state index in [9.17, 15) is 10.1 Å². The molecule has 0 radical (unpaired) electrons. The van der Waals surface area contributed by atoms with Crippen molar-refractivity contribution < 1.29 is 28.5 Å². The number of nitriles is 1. The molecule has 2 N–H and O–H groups in total. The first kappa shape index (κ1) is 27.2. The molecule has 1 aliphatic rings. The second-order valence-corrected chi connectivity index (χ2v) is 9.43. The topological polar surface area (TPSA) is 113 Å². The summed E-state index contributed by atoms with van der Waals surface area (Å²) in [4.78, 5) is 12.7. The van der Waals surface area contributed by atoms with Crippen LogP contribution >= 0.6 is 0 Å². The molecule has 0 spiro atoms. The van der Waals surface area contributed by atoms with E-state index in [-0.39, 0.29) is 17.2 Å². The van der Waals surface area contributed by atoms with Crippen LogP contribution in [-0.2, 0) is 6.61 Å². The molecule has 5 rings (SSSR count). The molecule has 1 atom stereocenters. The van der Waals surface area contributed by atoms with Gasteiger partial charge in [0.1, 0.15) is 35.5 Å². The lowest BCUT2D eigenvalue weighted by molar-refractivity contribution is 0.0734. The molecule has 0 aromatic heterocycles. The Morgan fingerprint density at radius 3 is 2.46 bits per heavy atom. The number of esters is 1. The molecular weight excluding hydrogens is 520 g/mol. The third kappa shape index (κ3) is 5.80. The van der Waals surface area contributed by atoms with Gasteiger partial charge in [0.2, 0.25) is 5.88 Å². The quantitative estimate of drug-likeness (QED) is 0.210. The fourth-order valence-corrected chi connectivity index (χ4v) is 4.59. The number of rotatable bonds is 8. The van der Waals surface area contributed by atoms with Gasteiger partial charge in [0, 0.05) is 11.6 Å². The van der Waals surface area contributed by atoms with Crippen molar-refractivity contribution in [1.82, 2.24) is 0 Å². The highest BCUT2D eigenvalue weighted by Crippen LogP contribution is 2.45. The summed E-state index contributed by atoms with van der Waals surface area (Å²) in [5.74, 6) is 1.15. The van der Waals surface area contributed by atoms with Crippen molar-refractivity contribution >= 4 is 5.97 Å². The van der Waals surface area contributed by atoms with E-state index in [1.807, 2.05) is 49.4 Å². The summed E-state index contributed by atoms with van der Waals surface area (Å²) in [5, 5.41) is 9.97. The van der Waals surface area contributed by atoms with E-state index < -0.39 is 11.9 Å². The molecule has 8 nitrogen and oxygen atoms in total. The van der Waals surface area contributed by atoms with Crippen LogP contribution in [0.3, 0.4) is 0 Å². The summed E-state index contributed by atoms with van der Waals surface area (Å²) >= 11 is 0. The minimum atomic E-state index is -0.552. The molecule has 206 valence electrons. The summed E-state index contributed by atoms with van der Waals surface area (Å²) in [6, 6.07) is 27.5. The van der Waals surface area contributed by atoms with E-state index in [1.54, 1.807) is 49.6 Å². The number of ether oxygens (including phenoxy) is 5. The van der Waals surface area contributed by atoms with E-state index in [4.69, 9.17) is 29.4 Å². The van der Waals surface area contributed by atoms with Gasteiger partial charge in [-0.05, 0) is 54.4 Å². The van der Waals surface area contributed by atoms with Gasteiger partial charge < -0.3 is 29.4 Å². The number of nitrogens with two attached hydrogens (primary N) is 1. The molecule has 8 heteroatoms. The van der Waals surface area contributed by atoms with E-state index >= 15 is 0 Å². The van der Waals surface area contributed by atoms with E-state index in [0.717, 1.165) is 11.1 Å². The molecular formula is C33H28N2O6. The Morgan fingerprint density at radius 2 is 1.73 bits per heavy atom. The van der Waals surface area contributed by atoms with E-state index in [1.165, 1.54) is 12.7 Å². The minimum Gasteiger partial charge on any atom is -0.497 e. The number of allylic oxidation sites excluding steroid dienone is 1. The van der Waals surface area contributed by atoms with Gasteiger partial charge in [0.25, 0.3) is 0 Å².